The molecule has 2 heterocycles. The van der Waals surface area contributed by atoms with Crippen LogP contribution in [0.1, 0.15) is 43.5 Å². The van der Waals surface area contributed by atoms with Crippen molar-refractivity contribution in [3.63, 3.8) is 0 Å². The van der Waals surface area contributed by atoms with Gasteiger partial charge in [-0.2, -0.15) is 10.2 Å². The van der Waals surface area contributed by atoms with Crippen LogP contribution in [-0.4, -0.2) is 25.9 Å². The first-order chi connectivity index (χ1) is 10.1. The Kier molecular flexibility index (Phi) is 3.77. The molecule has 1 aliphatic carbocycles. The Hall–Kier alpha value is -2.11. The number of carbonyl (C=O) groups is 1. The highest BCUT2D eigenvalue weighted by atomic mass is 16.1. The van der Waals surface area contributed by atoms with Gasteiger partial charge in [0.15, 0.2) is 5.82 Å². The highest BCUT2D eigenvalue weighted by Crippen LogP contribution is 2.37. The van der Waals surface area contributed by atoms with Crippen molar-refractivity contribution in [2.45, 2.75) is 38.5 Å². The predicted octanol–water partition coefficient (Wildman–Crippen LogP) is 2.23. The highest BCUT2D eigenvalue weighted by Gasteiger charge is 2.24. The molecule has 0 radical (unpaired) electrons. The summed E-state index contributed by atoms with van der Waals surface area (Å²) in [5, 5.41) is 14.3. The van der Waals surface area contributed by atoms with Gasteiger partial charge < -0.3 is 5.32 Å². The van der Waals surface area contributed by atoms with E-state index in [4.69, 9.17) is 0 Å². The molecule has 2 aromatic heterocycles. The molecule has 21 heavy (non-hydrogen) atoms. The van der Waals surface area contributed by atoms with Gasteiger partial charge in [-0.05, 0) is 24.8 Å². The zero-order chi connectivity index (χ0) is 14.8. The molecule has 0 spiro atoms. The Morgan fingerprint density at radius 3 is 3.05 bits per heavy atom. The van der Waals surface area contributed by atoms with Crippen molar-refractivity contribution in [2.24, 2.45) is 13.0 Å². The van der Waals surface area contributed by atoms with Crippen molar-refractivity contribution in [2.75, 3.05) is 5.32 Å². The highest BCUT2D eigenvalue weighted by molar-refractivity contribution is 5.91. The van der Waals surface area contributed by atoms with Crippen LogP contribution in [-0.2, 0) is 18.3 Å². The second kappa shape index (κ2) is 5.71. The number of rotatable bonds is 4. The Morgan fingerprint density at radius 1 is 1.52 bits per heavy atom. The molecule has 112 valence electrons. The number of aromatic amines is 1. The molecule has 2 atom stereocenters. The molecule has 1 saturated carbocycles. The molecular weight excluding hydrogens is 266 g/mol. The minimum Gasteiger partial charge on any atom is -0.309 e. The van der Waals surface area contributed by atoms with Crippen LogP contribution in [0.5, 0.6) is 0 Å². The van der Waals surface area contributed by atoms with Crippen molar-refractivity contribution in [1.29, 1.82) is 0 Å². The van der Waals surface area contributed by atoms with Crippen LogP contribution in [0.2, 0.25) is 0 Å². The van der Waals surface area contributed by atoms with Crippen molar-refractivity contribution in [3.8, 4) is 0 Å². The van der Waals surface area contributed by atoms with E-state index >= 15 is 0 Å². The van der Waals surface area contributed by atoms with E-state index in [2.05, 4.69) is 27.5 Å². The minimum absolute atomic E-state index is 0.0912. The Balaban J connectivity index is 1.58. The minimum atomic E-state index is -0.0912. The molecule has 1 fully saturated rings. The normalized spacial score (nSPS) is 21.6. The molecule has 6 nitrogen and oxygen atoms in total. The molecule has 1 aliphatic rings. The van der Waals surface area contributed by atoms with Gasteiger partial charge in [-0.15, -0.1) is 0 Å². The van der Waals surface area contributed by atoms with Crippen LogP contribution in [0.25, 0.3) is 0 Å². The number of amides is 1. The van der Waals surface area contributed by atoms with Gasteiger partial charge in [0.25, 0.3) is 0 Å². The van der Waals surface area contributed by atoms with E-state index < -0.39 is 0 Å². The van der Waals surface area contributed by atoms with Crippen LogP contribution in [0, 0.1) is 5.92 Å². The average Bonchev–Trinajstić information content (AvgIpc) is 3.12. The van der Waals surface area contributed by atoms with E-state index in [0.717, 1.165) is 17.3 Å². The lowest BCUT2D eigenvalue weighted by Gasteiger charge is -2.05. The number of H-pyrrole nitrogens is 1. The zero-order valence-electron chi connectivity index (χ0n) is 12.5. The van der Waals surface area contributed by atoms with E-state index in [-0.39, 0.29) is 12.3 Å². The van der Waals surface area contributed by atoms with Gasteiger partial charge in [0.2, 0.25) is 5.91 Å². The lowest BCUT2D eigenvalue weighted by atomic mass is 10.0. The van der Waals surface area contributed by atoms with Crippen LogP contribution < -0.4 is 5.32 Å². The Morgan fingerprint density at radius 2 is 2.38 bits per heavy atom. The summed E-state index contributed by atoms with van der Waals surface area (Å²) < 4.78 is 1.69. The molecule has 2 aromatic rings. The number of nitrogens with zero attached hydrogens (tertiary/aromatic N) is 3. The van der Waals surface area contributed by atoms with E-state index in [1.54, 1.807) is 4.68 Å². The van der Waals surface area contributed by atoms with Gasteiger partial charge in [0.05, 0.1) is 12.1 Å². The average molecular weight is 287 g/mol. The maximum atomic E-state index is 12.0. The van der Waals surface area contributed by atoms with Crippen LogP contribution >= 0.6 is 0 Å². The second-order valence-corrected chi connectivity index (χ2v) is 6.03. The molecule has 1 amide bonds. The number of anilines is 1. The summed E-state index contributed by atoms with van der Waals surface area (Å²) in [6, 6.07) is 3.80. The first-order valence-electron chi connectivity index (χ1n) is 7.44. The molecule has 0 bridgehead atoms. The summed E-state index contributed by atoms with van der Waals surface area (Å²) in [6.07, 6.45) is 5.76. The third kappa shape index (κ3) is 3.32. The fourth-order valence-corrected chi connectivity index (χ4v) is 3.01. The summed E-state index contributed by atoms with van der Waals surface area (Å²) in [4.78, 5) is 12.0. The Bertz CT molecular complexity index is 630. The third-order valence-electron chi connectivity index (χ3n) is 4.11. The smallest absolute Gasteiger partial charge is 0.231 e. The topological polar surface area (TPSA) is 75.6 Å². The van der Waals surface area contributed by atoms with Crippen molar-refractivity contribution < 1.29 is 4.79 Å². The molecule has 0 aromatic carbocycles. The standard InChI is InChI=1S/C15H21N5O/c1-10-3-4-11(7-10)13-9-14(18-17-13)16-15(21)8-12-5-6-20(2)19-12/h5-6,9-11H,3-4,7-8H2,1-2H3,(H2,16,17,18,21)/t10-,11+/m1/s1. The quantitative estimate of drug-likeness (QED) is 0.905. The summed E-state index contributed by atoms with van der Waals surface area (Å²) >= 11 is 0. The lowest BCUT2D eigenvalue weighted by Crippen LogP contribution is -2.15. The SMILES string of the molecule is C[C@@H]1CC[C@H](c2cc(NC(=O)Cc3ccn(C)n3)n[nH]2)C1. The number of hydrogen-bond donors (Lipinski definition) is 2. The summed E-state index contributed by atoms with van der Waals surface area (Å²) in [7, 11) is 1.84. The number of aromatic nitrogens is 4. The van der Waals surface area contributed by atoms with Crippen LogP contribution in [0.4, 0.5) is 5.82 Å². The number of nitrogens with one attached hydrogen (secondary N) is 2. The summed E-state index contributed by atoms with van der Waals surface area (Å²) in [5.74, 6) is 1.84. The third-order valence-corrected chi connectivity index (χ3v) is 4.11. The number of aryl methyl sites for hydroxylation is 1. The molecular formula is C15H21N5O. The summed E-state index contributed by atoms with van der Waals surface area (Å²) in [6.45, 7) is 2.28. The van der Waals surface area contributed by atoms with Gasteiger partial charge in [-0.25, -0.2) is 0 Å². The van der Waals surface area contributed by atoms with Crippen molar-refractivity contribution in [3.05, 3.63) is 29.7 Å². The van der Waals surface area contributed by atoms with E-state index in [1.807, 2.05) is 25.4 Å². The lowest BCUT2D eigenvalue weighted by molar-refractivity contribution is -0.115. The first kappa shape index (κ1) is 13.9. The monoisotopic (exact) mass is 287 g/mol. The largest absolute Gasteiger partial charge is 0.309 e. The van der Waals surface area contributed by atoms with Crippen molar-refractivity contribution >= 4 is 11.7 Å². The van der Waals surface area contributed by atoms with Gasteiger partial charge in [0, 0.05) is 30.9 Å². The molecule has 2 N–H and O–H groups in total. The first-order valence-corrected chi connectivity index (χ1v) is 7.44. The van der Waals surface area contributed by atoms with Gasteiger partial charge in [0.1, 0.15) is 0 Å². The fraction of sp³-hybridized carbons (Fsp3) is 0.533. The molecule has 6 heteroatoms. The predicted molar refractivity (Wildman–Crippen MR) is 79.9 cm³/mol. The number of carbonyl (C=O) groups excluding carboxylic acids is 1. The van der Waals surface area contributed by atoms with Gasteiger partial charge >= 0.3 is 0 Å². The maximum absolute atomic E-state index is 12.0. The molecule has 0 saturated heterocycles. The van der Waals surface area contributed by atoms with Gasteiger partial charge in [-0.3, -0.25) is 14.6 Å². The van der Waals surface area contributed by atoms with Crippen LogP contribution in [0.15, 0.2) is 18.3 Å². The van der Waals surface area contributed by atoms with E-state index in [9.17, 15) is 4.79 Å². The number of hydrogen-bond acceptors (Lipinski definition) is 3. The fourth-order valence-electron chi connectivity index (χ4n) is 3.01. The zero-order valence-corrected chi connectivity index (χ0v) is 12.5. The van der Waals surface area contributed by atoms with E-state index in [1.165, 1.54) is 19.3 Å². The molecule has 0 unspecified atom stereocenters. The summed E-state index contributed by atoms with van der Waals surface area (Å²) in [5.41, 5.74) is 1.89. The molecule has 3 rings (SSSR count). The second-order valence-electron chi connectivity index (χ2n) is 6.03. The van der Waals surface area contributed by atoms with Crippen molar-refractivity contribution in [1.82, 2.24) is 20.0 Å². The Labute approximate surface area is 123 Å². The van der Waals surface area contributed by atoms with E-state index in [0.29, 0.717) is 11.7 Å². The molecule has 0 aliphatic heterocycles. The maximum Gasteiger partial charge on any atom is 0.231 e. The van der Waals surface area contributed by atoms with Crippen LogP contribution in [0.3, 0.4) is 0 Å². The van der Waals surface area contributed by atoms with Gasteiger partial charge in [-0.1, -0.05) is 13.3 Å².